The van der Waals surface area contributed by atoms with E-state index in [1.54, 1.807) is 31.2 Å². The van der Waals surface area contributed by atoms with Crippen LogP contribution in [0.3, 0.4) is 0 Å². The molecule has 1 aliphatic heterocycles. The highest BCUT2D eigenvalue weighted by molar-refractivity contribution is 6.30. The first-order valence-electron chi connectivity index (χ1n) is 8.17. The maximum atomic E-state index is 12.7. The Kier molecular flexibility index (Phi) is 5.09. The second-order valence-corrected chi connectivity index (χ2v) is 6.72. The van der Waals surface area contributed by atoms with Crippen LogP contribution >= 0.6 is 11.6 Å². The van der Waals surface area contributed by atoms with Gasteiger partial charge in [0.25, 0.3) is 5.91 Å². The fraction of sp³-hybridized carbons (Fsp3) is 0.444. The number of aryl methyl sites for hydroxylation is 1. The summed E-state index contributed by atoms with van der Waals surface area (Å²) in [6.07, 6.45) is 2.05. The summed E-state index contributed by atoms with van der Waals surface area (Å²) >= 11 is 5.87. The van der Waals surface area contributed by atoms with E-state index in [4.69, 9.17) is 20.9 Å². The molecule has 1 fully saturated rings. The van der Waals surface area contributed by atoms with Crippen LogP contribution in [-0.2, 0) is 6.61 Å². The molecule has 24 heavy (non-hydrogen) atoms. The second kappa shape index (κ2) is 7.26. The summed E-state index contributed by atoms with van der Waals surface area (Å²) in [6.45, 7) is 5.78. The predicted molar refractivity (Wildman–Crippen MR) is 91.3 cm³/mol. The zero-order valence-electron chi connectivity index (χ0n) is 13.9. The third-order valence-corrected chi connectivity index (χ3v) is 4.71. The number of carbonyl (C=O) groups excluding carboxylic acids is 1. The third kappa shape index (κ3) is 3.73. The molecule has 1 aromatic heterocycles. The molecule has 6 heteroatoms. The van der Waals surface area contributed by atoms with Gasteiger partial charge in [0.2, 0.25) is 0 Å². The number of halogens is 1. The van der Waals surface area contributed by atoms with Gasteiger partial charge >= 0.3 is 0 Å². The van der Waals surface area contributed by atoms with Crippen LogP contribution in [-0.4, -0.2) is 29.1 Å². The SMILES string of the molecule is Cc1onc(C(=O)N2CCC(C)CC2)c1COc1ccc(Cl)cc1. The lowest BCUT2D eigenvalue weighted by molar-refractivity contribution is 0.0684. The largest absolute Gasteiger partial charge is 0.489 e. The maximum absolute atomic E-state index is 12.7. The van der Waals surface area contributed by atoms with Crippen LogP contribution in [0.5, 0.6) is 5.75 Å². The van der Waals surface area contributed by atoms with Crippen molar-refractivity contribution in [2.75, 3.05) is 13.1 Å². The molecule has 0 unspecified atom stereocenters. The molecule has 2 aromatic rings. The third-order valence-electron chi connectivity index (χ3n) is 4.45. The van der Waals surface area contributed by atoms with E-state index >= 15 is 0 Å². The number of carbonyl (C=O) groups is 1. The molecule has 2 heterocycles. The van der Waals surface area contributed by atoms with Gasteiger partial charge in [-0.15, -0.1) is 0 Å². The van der Waals surface area contributed by atoms with Crippen LogP contribution in [0.15, 0.2) is 28.8 Å². The van der Waals surface area contributed by atoms with Gasteiger partial charge in [-0.05, 0) is 49.9 Å². The molecule has 0 N–H and O–H groups in total. The van der Waals surface area contributed by atoms with Gasteiger partial charge in [0.15, 0.2) is 5.69 Å². The number of hydrogen-bond donors (Lipinski definition) is 0. The lowest BCUT2D eigenvalue weighted by Crippen LogP contribution is -2.38. The summed E-state index contributed by atoms with van der Waals surface area (Å²) in [7, 11) is 0. The minimum atomic E-state index is -0.0755. The summed E-state index contributed by atoms with van der Waals surface area (Å²) in [5.74, 6) is 1.89. The molecule has 0 radical (unpaired) electrons. The van der Waals surface area contributed by atoms with Crippen LogP contribution in [0.1, 0.15) is 41.6 Å². The van der Waals surface area contributed by atoms with Crippen molar-refractivity contribution < 1.29 is 14.1 Å². The lowest BCUT2D eigenvalue weighted by Gasteiger charge is -2.29. The molecular formula is C18H21ClN2O3. The zero-order chi connectivity index (χ0) is 17.1. The van der Waals surface area contributed by atoms with E-state index in [1.807, 2.05) is 4.90 Å². The Labute approximate surface area is 146 Å². The zero-order valence-corrected chi connectivity index (χ0v) is 14.7. The number of amides is 1. The summed E-state index contributed by atoms with van der Waals surface area (Å²) in [4.78, 5) is 14.6. The van der Waals surface area contributed by atoms with Crippen molar-refractivity contribution in [3.05, 3.63) is 46.3 Å². The molecule has 0 bridgehead atoms. The molecule has 1 aromatic carbocycles. The first-order valence-corrected chi connectivity index (χ1v) is 8.55. The number of aromatic nitrogens is 1. The van der Waals surface area contributed by atoms with Crippen molar-refractivity contribution in [2.45, 2.75) is 33.3 Å². The van der Waals surface area contributed by atoms with Crippen molar-refractivity contribution >= 4 is 17.5 Å². The van der Waals surface area contributed by atoms with E-state index in [1.165, 1.54) is 0 Å². The molecule has 0 atom stereocenters. The topological polar surface area (TPSA) is 55.6 Å². The first kappa shape index (κ1) is 16.8. The van der Waals surface area contributed by atoms with E-state index in [0.717, 1.165) is 25.9 Å². The second-order valence-electron chi connectivity index (χ2n) is 6.28. The summed E-state index contributed by atoms with van der Waals surface area (Å²) in [5, 5.41) is 4.62. The van der Waals surface area contributed by atoms with E-state index in [2.05, 4.69) is 12.1 Å². The summed E-state index contributed by atoms with van der Waals surface area (Å²) in [5.41, 5.74) is 1.06. The van der Waals surface area contributed by atoms with E-state index in [9.17, 15) is 4.79 Å². The molecule has 1 saturated heterocycles. The van der Waals surface area contributed by atoms with Gasteiger partial charge < -0.3 is 14.2 Å². The number of rotatable bonds is 4. The highest BCUT2D eigenvalue weighted by Crippen LogP contribution is 2.23. The quantitative estimate of drug-likeness (QED) is 0.835. The Balaban J connectivity index is 1.71. The highest BCUT2D eigenvalue weighted by Gasteiger charge is 2.27. The van der Waals surface area contributed by atoms with Crippen LogP contribution < -0.4 is 4.74 Å². The smallest absolute Gasteiger partial charge is 0.276 e. The molecule has 0 aliphatic carbocycles. The van der Waals surface area contributed by atoms with Gasteiger partial charge in [-0.1, -0.05) is 23.7 Å². The molecule has 0 spiro atoms. The number of nitrogens with zero attached hydrogens (tertiary/aromatic N) is 2. The number of hydrogen-bond acceptors (Lipinski definition) is 4. The minimum Gasteiger partial charge on any atom is -0.489 e. The van der Waals surface area contributed by atoms with Gasteiger partial charge in [-0.2, -0.15) is 0 Å². The van der Waals surface area contributed by atoms with Crippen molar-refractivity contribution in [1.82, 2.24) is 10.1 Å². The van der Waals surface area contributed by atoms with E-state index in [-0.39, 0.29) is 12.5 Å². The van der Waals surface area contributed by atoms with E-state index < -0.39 is 0 Å². The lowest BCUT2D eigenvalue weighted by atomic mass is 9.99. The normalized spacial score (nSPS) is 15.5. The number of piperidine rings is 1. The van der Waals surface area contributed by atoms with E-state index in [0.29, 0.717) is 33.7 Å². The summed E-state index contributed by atoms with van der Waals surface area (Å²) in [6, 6.07) is 7.11. The van der Waals surface area contributed by atoms with Gasteiger partial charge in [-0.3, -0.25) is 4.79 Å². The van der Waals surface area contributed by atoms with Crippen molar-refractivity contribution in [2.24, 2.45) is 5.92 Å². The fourth-order valence-electron chi connectivity index (χ4n) is 2.78. The van der Waals surface area contributed by atoms with Crippen LogP contribution in [0.25, 0.3) is 0 Å². The fourth-order valence-corrected chi connectivity index (χ4v) is 2.90. The average Bonchev–Trinajstić information content (AvgIpc) is 2.95. The number of benzene rings is 1. The minimum absolute atomic E-state index is 0.0755. The van der Waals surface area contributed by atoms with Crippen LogP contribution in [0, 0.1) is 12.8 Å². The Hall–Kier alpha value is -2.01. The van der Waals surface area contributed by atoms with Crippen molar-refractivity contribution in [3.63, 3.8) is 0 Å². The standard InChI is InChI=1S/C18H21ClN2O3/c1-12-7-9-21(10-8-12)18(22)17-16(13(2)24-20-17)11-23-15-5-3-14(19)4-6-15/h3-6,12H,7-11H2,1-2H3. The molecule has 5 nitrogen and oxygen atoms in total. The van der Waals surface area contributed by atoms with Crippen molar-refractivity contribution in [1.29, 1.82) is 0 Å². The Bertz CT molecular complexity index is 704. The maximum Gasteiger partial charge on any atom is 0.276 e. The Morgan fingerprint density at radius 1 is 1.33 bits per heavy atom. The Morgan fingerprint density at radius 2 is 2.00 bits per heavy atom. The highest BCUT2D eigenvalue weighted by atomic mass is 35.5. The van der Waals surface area contributed by atoms with Crippen LogP contribution in [0.4, 0.5) is 0 Å². The number of ether oxygens (including phenoxy) is 1. The molecule has 1 aliphatic rings. The van der Waals surface area contributed by atoms with Gasteiger partial charge in [0.05, 0.1) is 5.56 Å². The summed E-state index contributed by atoms with van der Waals surface area (Å²) < 4.78 is 11.0. The van der Waals surface area contributed by atoms with Gasteiger partial charge in [-0.25, -0.2) is 0 Å². The first-order chi connectivity index (χ1) is 11.5. The number of likely N-dealkylation sites (tertiary alicyclic amines) is 1. The molecule has 3 rings (SSSR count). The Morgan fingerprint density at radius 3 is 2.67 bits per heavy atom. The molecule has 128 valence electrons. The monoisotopic (exact) mass is 348 g/mol. The average molecular weight is 349 g/mol. The molecule has 0 saturated carbocycles. The molecule has 1 amide bonds. The predicted octanol–water partition coefficient (Wildman–Crippen LogP) is 4.09. The van der Waals surface area contributed by atoms with Gasteiger partial charge in [0.1, 0.15) is 18.1 Å². The van der Waals surface area contributed by atoms with Crippen molar-refractivity contribution in [3.8, 4) is 5.75 Å². The molecular weight excluding hydrogens is 328 g/mol. The van der Waals surface area contributed by atoms with Gasteiger partial charge in [0, 0.05) is 18.1 Å². The van der Waals surface area contributed by atoms with Crippen LogP contribution in [0.2, 0.25) is 5.02 Å².